The zero-order valence-electron chi connectivity index (χ0n) is 15.0. The van der Waals surface area contributed by atoms with Gasteiger partial charge >= 0.3 is 0 Å². The van der Waals surface area contributed by atoms with Crippen molar-refractivity contribution in [3.05, 3.63) is 71.7 Å². The number of anilines is 1. The fourth-order valence-corrected chi connectivity index (χ4v) is 2.94. The first-order valence-electron chi connectivity index (χ1n) is 8.40. The van der Waals surface area contributed by atoms with E-state index in [1.165, 1.54) is 31.5 Å². The van der Waals surface area contributed by atoms with Crippen LogP contribution in [0.3, 0.4) is 0 Å². The monoisotopic (exact) mass is 398 g/mol. The van der Waals surface area contributed by atoms with Gasteiger partial charge in [-0.15, -0.1) is 0 Å². The lowest BCUT2D eigenvalue weighted by molar-refractivity contribution is 0.102. The summed E-state index contributed by atoms with van der Waals surface area (Å²) in [6, 6.07) is 8.40. The molecule has 29 heavy (non-hydrogen) atoms. The van der Waals surface area contributed by atoms with Gasteiger partial charge in [-0.3, -0.25) is 14.9 Å². The lowest BCUT2D eigenvalue weighted by Gasteiger charge is -2.09. The van der Waals surface area contributed by atoms with Gasteiger partial charge in [0.15, 0.2) is 5.82 Å². The second kappa shape index (κ2) is 7.27. The number of fused-ring (bicyclic) bond motifs is 1. The van der Waals surface area contributed by atoms with Crippen molar-refractivity contribution in [2.45, 2.75) is 0 Å². The molecule has 0 unspecified atom stereocenters. The number of aromatic nitrogens is 3. The largest absolute Gasteiger partial charge is 0.496 e. The van der Waals surface area contributed by atoms with Crippen LogP contribution in [-0.2, 0) is 0 Å². The number of hydrogen-bond acceptors (Lipinski definition) is 4. The van der Waals surface area contributed by atoms with Crippen LogP contribution >= 0.6 is 0 Å². The molecule has 0 aliphatic heterocycles. The Bertz CT molecular complexity index is 1220. The Morgan fingerprint density at radius 2 is 1.86 bits per heavy atom. The third-order valence-electron chi connectivity index (χ3n) is 4.26. The Balaban J connectivity index is 1.74. The maximum absolute atomic E-state index is 14.4. The van der Waals surface area contributed by atoms with E-state index in [-0.39, 0.29) is 22.6 Å². The zero-order valence-corrected chi connectivity index (χ0v) is 15.0. The number of pyridine rings is 1. The van der Waals surface area contributed by atoms with Gasteiger partial charge in [-0.2, -0.15) is 5.10 Å². The summed E-state index contributed by atoms with van der Waals surface area (Å²) in [7, 11) is 1.42. The molecule has 2 N–H and O–H groups in total. The van der Waals surface area contributed by atoms with E-state index in [0.29, 0.717) is 22.7 Å². The van der Waals surface area contributed by atoms with E-state index in [1.54, 1.807) is 6.07 Å². The number of hydrogen-bond donors (Lipinski definition) is 2. The van der Waals surface area contributed by atoms with E-state index in [1.807, 2.05) is 0 Å². The Labute approximate surface area is 162 Å². The summed E-state index contributed by atoms with van der Waals surface area (Å²) in [5.41, 5.74) is 0.692. The lowest BCUT2D eigenvalue weighted by atomic mass is 10.1. The summed E-state index contributed by atoms with van der Waals surface area (Å²) in [6.07, 6.45) is 1.43. The van der Waals surface area contributed by atoms with Crippen molar-refractivity contribution in [1.29, 1.82) is 0 Å². The second-order valence-electron chi connectivity index (χ2n) is 6.12. The molecule has 0 saturated heterocycles. The molecule has 4 aromatic rings. The van der Waals surface area contributed by atoms with Gasteiger partial charge in [0.05, 0.1) is 30.1 Å². The number of nitrogens with zero attached hydrogens (tertiary/aromatic N) is 2. The first-order valence-corrected chi connectivity index (χ1v) is 8.40. The minimum atomic E-state index is -0.875. The van der Waals surface area contributed by atoms with E-state index < -0.39 is 23.4 Å². The predicted molar refractivity (Wildman–Crippen MR) is 100 cm³/mol. The Morgan fingerprint density at radius 1 is 1.10 bits per heavy atom. The summed E-state index contributed by atoms with van der Waals surface area (Å²) in [4.78, 5) is 16.6. The van der Waals surface area contributed by atoms with E-state index in [4.69, 9.17) is 4.74 Å². The number of ether oxygens (including phenoxy) is 1. The molecule has 0 bridgehead atoms. The summed E-state index contributed by atoms with van der Waals surface area (Å²) < 4.78 is 46.3. The summed E-state index contributed by atoms with van der Waals surface area (Å²) in [6.45, 7) is 0. The van der Waals surface area contributed by atoms with Crippen molar-refractivity contribution >= 4 is 22.6 Å². The highest BCUT2D eigenvalue weighted by molar-refractivity contribution is 6.08. The first kappa shape index (κ1) is 18.5. The van der Waals surface area contributed by atoms with Gasteiger partial charge < -0.3 is 10.1 Å². The highest BCUT2D eigenvalue weighted by atomic mass is 19.1. The number of nitrogens with one attached hydrogen (secondary N) is 2. The summed E-state index contributed by atoms with van der Waals surface area (Å²) in [5, 5.41) is 9.61. The van der Waals surface area contributed by atoms with Gasteiger partial charge in [0.25, 0.3) is 5.91 Å². The minimum Gasteiger partial charge on any atom is -0.496 e. The average molecular weight is 398 g/mol. The van der Waals surface area contributed by atoms with Gasteiger partial charge in [-0.25, -0.2) is 13.2 Å². The number of H-pyrrole nitrogens is 1. The van der Waals surface area contributed by atoms with Crippen LogP contribution in [0.5, 0.6) is 5.75 Å². The number of carbonyl (C=O) groups is 1. The number of benzene rings is 2. The normalized spacial score (nSPS) is 10.9. The molecule has 6 nitrogen and oxygen atoms in total. The van der Waals surface area contributed by atoms with Crippen LogP contribution in [0.15, 0.2) is 48.7 Å². The third kappa shape index (κ3) is 3.49. The van der Waals surface area contributed by atoms with Crippen molar-refractivity contribution in [3.8, 4) is 17.0 Å². The molecule has 0 aliphatic rings. The third-order valence-corrected chi connectivity index (χ3v) is 4.26. The molecule has 0 atom stereocenters. The fraction of sp³-hybridized carbons (Fsp3) is 0.0500. The molecule has 0 spiro atoms. The molecule has 2 aromatic carbocycles. The van der Waals surface area contributed by atoms with E-state index in [9.17, 15) is 18.0 Å². The molecule has 9 heteroatoms. The van der Waals surface area contributed by atoms with Gasteiger partial charge in [0, 0.05) is 17.0 Å². The van der Waals surface area contributed by atoms with Crippen LogP contribution < -0.4 is 10.1 Å². The SMILES string of the molecule is COc1cccc(F)c1-c1cc2c(NC(=O)c3cc(F)cc(F)c3)n[nH]c2cn1. The molecule has 0 saturated carbocycles. The van der Waals surface area contributed by atoms with Crippen LogP contribution in [0.25, 0.3) is 22.2 Å². The molecular formula is C20H13F3N4O2. The van der Waals surface area contributed by atoms with Crippen LogP contribution in [0.1, 0.15) is 10.4 Å². The molecule has 146 valence electrons. The minimum absolute atomic E-state index is 0.105. The van der Waals surface area contributed by atoms with Crippen molar-refractivity contribution in [3.63, 3.8) is 0 Å². The lowest BCUT2D eigenvalue weighted by Crippen LogP contribution is -2.13. The number of halogens is 3. The van der Waals surface area contributed by atoms with Crippen LogP contribution in [0.4, 0.5) is 19.0 Å². The highest BCUT2D eigenvalue weighted by Gasteiger charge is 2.17. The average Bonchev–Trinajstić information content (AvgIpc) is 3.09. The van der Waals surface area contributed by atoms with Gasteiger partial charge in [-0.1, -0.05) is 6.07 Å². The first-order chi connectivity index (χ1) is 14.0. The molecule has 2 aromatic heterocycles. The topological polar surface area (TPSA) is 79.9 Å². The van der Waals surface area contributed by atoms with E-state index in [0.717, 1.165) is 12.1 Å². The maximum atomic E-state index is 14.4. The van der Waals surface area contributed by atoms with Crippen LogP contribution in [-0.4, -0.2) is 28.2 Å². The number of carbonyl (C=O) groups excluding carboxylic acids is 1. The quantitative estimate of drug-likeness (QED) is 0.537. The van der Waals surface area contributed by atoms with Crippen LogP contribution in [0, 0.1) is 17.5 Å². The molecular weight excluding hydrogens is 385 g/mol. The summed E-state index contributed by atoms with van der Waals surface area (Å²) in [5.74, 6) is -2.63. The smallest absolute Gasteiger partial charge is 0.257 e. The molecule has 4 rings (SSSR count). The number of aromatic amines is 1. The van der Waals surface area contributed by atoms with E-state index in [2.05, 4.69) is 20.5 Å². The second-order valence-corrected chi connectivity index (χ2v) is 6.12. The highest BCUT2D eigenvalue weighted by Crippen LogP contribution is 2.33. The molecule has 1 amide bonds. The summed E-state index contributed by atoms with van der Waals surface area (Å²) >= 11 is 0. The zero-order chi connectivity index (χ0) is 20.5. The number of amides is 1. The van der Waals surface area contributed by atoms with Crippen molar-refractivity contribution in [2.75, 3.05) is 12.4 Å². The number of rotatable bonds is 4. The number of methoxy groups -OCH3 is 1. The van der Waals surface area contributed by atoms with Crippen molar-refractivity contribution < 1.29 is 22.7 Å². The molecule has 0 fully saturated rings. The molecule has 0 aliphatic carbocycles. The van der Waals surface area contributed by atoms with E-state index >= 15 is 0 Å². The van der Waals surface area contributed by atoms with Gasteiger partial charge in [0.1, 0.15) is 23.2 Å². The van der Waals surface area contributed by atoms with Crippen molar-refractivity contribution in [2.24, 2.45) is 0 Å². The standard InChI is InChI=1S/C20H13F3N4O2/c1-29-17-4-2-3-14(23)18(17)15-8-13-16(9-24-15)26-27-19(13)25-20(28)10-5-11(21)7-12(22)6-10/h2-9H,1H3,(H2,25,26,27,28). The Morgan fingerprint density at radius 3 is 2.59 bits per heavy atom. The molecule has 2 heterocycles. The van der Waals surface area contributed by atoms with Crippen molar-refractivity contribution in [1.82, 2.24) is 15.2 Å². The van der Waals surface area contributed by atoms with Crippen LogP contribution in [0.2, 0.25) is 0 Å². The Hall–Kier alpha value is -3.88. The fourth-order valence-electron chi connectivity index (χ4n) is 2.94. The maximum Gasteiger partial charge on any atom is 0.257 e. The van der Waals surface area contributed by atoms with Gasteiger partial charge in [-0.05, 0) is 30.3 Å². The predicted octanol–water partition coefficient (Wildman–Crippen LogP) is 4.30. The Kier molecular flexibility index (Phi) is 4.63. The van der Waals surface area contributed by atoms with Gasteiger partial charge in [0.2, 0.25) is 0 Å². The molecule has 0 radical (unpaired) electrons.